The highest BCUT2D eigenvalue weighted by atomic mass is 19.4. The summed E-state index contributed by atoms with van der Waals surface area (Å²) >= 11 is 0. The number of nitriles is 1. The standard InChI is InChI=1S/C17H11F3N4/c1-24-16(13-8-4-5-9-14(13)17(18,19)20)22-15(23-24)12-7-3-2-6-11(12)10-21/h2-9H,1H3. The van der Waals surface area contributed by atoms with Crippen LogP contribution in [0.4, 0.5) is 13.2 Å². The van der Waals surface area contributed by atoms with Crippen molar-refractivity contribution >= 4 is 0 Å². The maximum Gasteiger partial charge on any atom is 0.417 e. The van der Waals surface area contributed by atoms with Crippen molar-refractivity contribution in [3.8, 4) is 28.8 Å². The molecule has 4 nitrogen and oxygen atoms in total. The number of rotatable bonds is 2. The van der Waals surface area contributed by atoms with Crippen LogP contribution in [-0.4, -0.2) is 14.8 Å². The number of hydrogen-bond donors (Lipinski definition) is 0. The number of aryl methyl sites for hydroxylation is 1. The normalized spacial score (nSPS) is 11.3. The van der Waals surface area contributed by atoms with E-state index in [0.717, 1.165) is 6.07 Å². The van der Waals surface area contributed by atoms with Crippen LogP contribution in [-0.2, 0) is 13.2 Å². The molecule has 0 saturated heterocycles. The summed E-state index contributed by atoms with van der Waals surface area (Å²) in [5.74, 6) is 0.298. The Hall–Kier alpha value is -3.14. The van der Waals surface area contributed by atoms with Crippen LogP contribution in [0.15, 0.2) is 48.5 Å². The van der Waals surface area contributed by atoms with Crippen LogP contribution in [0.2, 0.25) is 0 Å². The van der Waals surface area contributed by atoms with E-state index in [2.05, 4.69) is 10.1 Å². The van der Waals surface area contributed by atoms with Crippen molar-refractivity contribution in [3.63, 3.8) is 0 Å². The molecule has 0 aliphatic rings. The fourth-order valence-corrected chi connectivity index (χ4v) is 2.43. The molecule has 2 aromatic carbocycles. The van der Waals surface area contributed by atoms with Gasteiger partial charge in [0.05, 0.1) is 17.2 Å². The molecule has 1 aromatic heterocycles. The van der Waals surface area contributed by atoms with Crippen molar-refractivity contribution < 1.29 is 13.2 Å². The monoisotopic (exact) mass is 328 g/mol. The lowest BCUT2D eigenvalue weighted by Crippen LogP contribution is -2.08. The zero-order chi connectivity index (χ0) is 17.3. The zero-order valence-electron chi connectivity index (χ0n) is 12.5. The van der Waals surface area contributed by atoms with Gasteiger partial charge in [0, 0.05) is 18.2 Å². The Labute approximate surface area is 135 Å². The maximum absolute atomic E-state index is 13.2. The van der Waals surface area contributed by atoms with Crippen molar-refractivity contribution in [2.24, 2.45) is 7.05 Å². The van der Waals surface area contributed by atoms with Gasteiger partial charge in [0.2, 0.25) is 0 Å². The molecule has 0 bridgehead atoms. The van der Waals surface area contributed by atoms with E-state index in [9.17, 15) is 13.2 Å². The Morgan fingerprint density at radius 3 is 2.29 bits per heavy atom. The number of alkyl halides is 3. The van der Waals surface area contributed by atoms with Gasteiger partial charge in [0.25, 0.3) is 0 Å². The molecule has 120 valence electrons. The Morgan fingerprint density at radius 2 is 1.62 bits per heavy atom. The number of nitrogens with zero attached hydrogens (tertiary/aromatic N) is 4. The minimum Gasteiger partial charge on any atom is -0.248 e. The molecule has 0 fully saturated rings. The lowest BCUT2D eigenvalue weighted by Gasteiger charge is -2.11. The van der Waals surface area contributed by atoms with Gasteiger partial charge >= 0.3 is 6.18 Å². The molecule has 0 aliphatic heterocycles. The maximum atomic E-state index is 13.2. The Bertz CT molecular complexity index is 935. The van der Waals surface area contributed by atoms with E-state index in [1.54, 1.807) is 24.3 Å². The van der Waals surface area contributed by atoms with Crippen molar-refractivity contribution in [1.82, 2.24) is 14.8 Å². The van der Waals surface area contributed by atoms with Crippen LogP contribution in [0.5, 0.6) is 0 Å². The fourth-order valence-electron chi connectivity index (χ4n) is 2.43. The first-order valence-electron chi connectivity index (χ1n) is 6.99. The zero-order valence-corrected chi connectivity index (χ0v) is 12.5. The number of hydrogen-bond acceptors (Lipinski definition) is 3. The van der Waals surface area contributed by atoms with E-state index in [1.165, 1.54) is 29.9 Å². The number of halogens is 3. The van der Waals surface area contributed by atoms with Gasteiger partial charge in [-0.05, 0) is 18.2 Å². The molecular formula is C17H11F3N4. The third kappa shape index (κ3) is 2.74. The van der Waals surface area contributed by atoms with E-state index in [4.69, 9.17) is 5.26 Å². The number of aromatic nitrogens is 3. The molecule has 1 heterocycles. The lowest BCUT2D eigenvalue weighted by atomic mass is 10.1. The summed E-state index contributed by atoms with van der Waals surface area (Å²) in [6.45, 7) is 0. The predicted molar refractivity (Wildman–Crippen MR) is 81.6 cm³/mol. The van der Waals surface area contributed by atoms with Crippen molar-refractivity contribution in [2.75, 3.05) is 0 Å². The Kier molecular flexibility index (Phi) is 3.81. The van der Waals surface area contributed by atoms with E-state index >= 15 is 0 Å². The van der Waals surface area contributed by atoms with Gasteiger partial charge in [0.1, 0.15) is 0 Å². The lowest BCUT2D eigenvalue weighted by molar-refractivity contribution is -0.137. The largest absolute Gasteiger partial charge is 0.417 e. The van der Waals surface area contributed by atoms with Gasteiger partial charge in [-0.25, -0.2) is 9.67 Å². The highest BCUT2D eigenvalue weighted by Gasteiger charge is 2.34. The molecule has 0 aliphatic carbocycles. The molecule has 0 amide bonds. The summed E-state index contributed by atoms with van der Waals surface area (Å²) in [5.41, 5.74) is 0.00593. The third-order valence-corrected chi connectivity index (χ3v) is 3.52. The molecule has 24 heavy (non-hydrogen) atoms. The SMILES string of the molecule is Cn1nc(-c2ccccc2C#N)nc1-c1ccccc1C(F)(F)F. The molecule has 0 unspecified atom stereocenters. The first kappa shape index (κ1) is 15.7. The van der Waals surface area contributed by atoms with Gasteiger partial charge < -0.3 is 0 Å². The smallest absolute Gasteiger partial charge is 0.248 e. The van der Waals surface area contributed by atoms with E-state index in [-0.39, 0.29) is 17.2 Å². The average molecular weight is 328 g/mol. The minimum absolute atomic E-state index is 0.0549. The fraction of sp³-hybridized carbons (Fsp3) is 0.118. The second-order valence-corrected chi connectivity index (χ2v) is 5.08. The van der Waals surface area contributed by atoms with Crippen LogP contribution in [0.25, 0.3) is 22.8 Å². The topological polar surface area (TPSA) is 54.5 Å². The molecule has 0 spiro atoms. The molecule has 0 radical (unpaired) electrons. The Morgan fingerprint density at radius 1 is 1.00 bits per heavy atom. The molecule has 0 saturated carbocycles. The van der Waals surface area contributed by atoms with Crippen molar-refractivity contribution in [2.45, 2.75) is 6.18 Å². The molecular weight excluding hydrogens is 317 g/mol. The summed E-state index contributed by atoms with van der Waals surface area (Å²) in [7, 11) is 1.52. The van der Waals surface area contributed by atoms with Crippen LogP contribution in [0.1, 0.15) is 11.1 Å². The van der Waals surface area contributed by atoms with Crippen LogP contribution < -0.4 is 0 Å². The van der Waals surface area contributed by atoms with E-state index in [1.807, 2.05) is 6.07 Å². The van der Waals surface area contributed by atoms with Crippen molar-refractivity contribution in [1.29, 1.82) is 5.26 Å². The predicted octanol–water partition coefficient (Wildman–Crippen LogP) is 4.04. The molecule has 3 rings (SSSR count). The quantitative estimate of drug-likeness (QED) is 0.713. The van der Waals surface area contributed by atoms with Crippen molar-refractivity contribution in [3.05, 3.63) is 59.7 Å². The summed E-state index contributed by atoms with van der Waals surface area (Å²) in [4.78, 5) is 4.23. The second kappa shape index (κ2) is 5.81. The highest BCUT2D eigenvalue weighted by molar-refractivity contribution is 5.68. The molecule has 7 heteroatoms. The third-order valence-electron chi connectivity index (χ3n) is 3.52. The van der Waals surface area contributed by atoms with E-state index < -0.39 is 11.7 Å². The van der Waals surface area contributed by atoms with E-state index in [0.29, 0.717) is 11.1 Å². The number of benzene rings is 2. The Balaban J connectivity index is 2.17. The summed E-state index contributed by atoms with van der Waals surface area (Å²) < 4.78 is 40.9. The average Bonchev–Trinajstić information content (AvgIpc) is 2.95. The van der Waals surface area contributed by atoms with Gasteiger partial charge in [-0.15, -0.1) is 0 Å². The van der Waals surface area contributed by atoms with Crippen LogP contribution in [0, 0.1) is 11.3 Å². The summed E-state index contributed by atoms with van der Waals surface area (Å²) in [6.07, 6.45) is -4.49. The highest BCUT2D eigenvalue weighted by Crippen LogP contribution is 2.36. The molecule has 0 atom stereocenters. The van der Waals surface area contributed by atoms with Gasteiger partial charge in [-0.3, -0.25) is 0 Å². The first-order chi connectivity index (χ1) is 11.4. The first-order valence-corrected chi connectivity index (χ1v) is 6.99. The van der Waals surface area contributed by atoms with Gasteiger partial charge in [-0.1, -0.05) is 30.3 Å². The molecule has 3 aromatic rings. The summed E-state index contributed by atoms with van der Waals surface area (Å²) in [5, 5.41) is 13.3. The minimum atomic E-state index is -4.49. The van der Waals surface area contributed by atoms with Crippen LogP contribution in [0.3, 0.4) is 0 Å². The summed E-state index contributed by atoms with van der Waals surface area (Å²) in [6, 6.07) is 13.9. The second-order valence-electron chi connectivity index (χ2n) is 5.08. The van der Waals surface area contributed by atoms with Gasteiger partial charge in [-0.2, -0.15) is 23.5 Å². The van der Waals surface area contributed by atoms with Gasteiger partial charge in [0.15, 0.2) is 11.6 Å². The van der Waals surface area contributed by atoms with Crippen LogP contribution >= 0.6 is 0 Å². The molecule has 0 N–H and O–H groups in total.